The van der Waals surface area contributed by atoms with Crippen LogP contribution in [0.2, 0.25) is 0 Å². The summed E-state index contributed by atoms with van der Waals surface area (Å²) in [5, 5.41) is 7.35. The van der Waals surface area contributed by atoms with Gasteiger partial charge in [-0.3, -0.25) is 0 Å². The molecule has 0 aliphatic carbocycles. The Hall–Kier alpha value is -2.82. The van der Waals surface area contributed by atoms with Crippen LogP contribution in [0.3, 0.4) is 0 Å². The molecular formula is C18H19N3O2. The molecule has 23 heavy (non-hydrogen) atoms. The molecule has 3 rings (SSSR count). The van der Waals surface area contributed by atoms with E-state index in [1.54, 1.807) is 7.11 Å². The number of aryl methyl sites for hydroxylation is 2. The first-order valence-corrected chi connectivity index (χ1v) is 7.44. The average Bonchev–Trinajstić information content (AvgIpc) is 3.03. The van der Waals surface area contributed by atoms with Gasteiger partial charge in [0.2, 0.25) is 11.7 Å². The van der Waals surface area contributed by atoms with E-state index < -0.39 is 0 Å². The minimum Gasteiger partial charge on any atom is -0.497 e. The number of nitrogens with one attached hydrogen (secondary N) is 1. The number of rotatable bonds is 5. The second-order valence-electron chi connectivity index (χ2n) is 5.41. The number of anilines is 1. The lowest BCUT2D eigenvalue weighted by Crippen LogP contribution is -2.01. The van der Waals surface area contributed by atoms with Crippen LogP contribution in [0.5, 0.6) is 5.75 Å². The molecular weight excluding hydrogens is 290 g/mol. The summed E-state index contributed by atoms with van der Waals surface area (Å²) < 4.78 is 10.4. The highest BCUT2D eigenvalue weighted by molar-refractivity contribution is 5.56. The van der Waals surface area contributed by atoms with Crippen molar-refractivity contribution in [2.75, 3.05) is 12.4 Å². The highest BCUT2D eigenvalue weighted by Crippen LogP contribution is 2.21. The molecule has 0 atom stereocenters. The van der Waals surface area contributed by atoms with Gasteiger partial charge in [0.15, 0.2) is 0 Å². The van der Waals surface area contributed by atoms with Crippen LogP contribution in [0.15, 0.2) is 47.0 Å². The number of ether oxygens (including phenoxy) is 1. The molecule has 1 heterocycles. The van der Waals surface area contributed by atoms with Crippen LogP contribution >= 0.6 is 0 Å². The maximum absolute atomic E-state index is 5.31. The second kappa shape index (κ2) is 6.52. The van der Waals surface area contributed by atoms with E-state index >= 15 is 0 Å². The Labute approximate surface area is 135 Å². The lowest BCUT2D eigenvalue weighted by atomic mass is 10.1. The van der Waals surface area contributed by atoms with Gasteiger partial charge in [0, 0.05) is 11.3 Å². The van der Waals surface area contributed by atoms with Crippen molar-refractivity contribution >= 4 is 5.69 Å². The molecule has 0 bridgehead atoms. The van der Waals surface area contributed by atoms with E-state index in [2.05, 4.69) is 47.5 Å². The summed E-state index contributed by atoms with van der Waals surface area (Å²) in [6, 6.07) is 13.8. The maximum Gasteiger partial charge on any atom is 0.246 e. The van der Waals surface area contributed by atoms with Crippen molar-refractivity contribution < 1.29 is 9.26 Å². The third-order valence-electron chi connectivity index (χ3n) is 3.63. The molecule has 0 spiro atoms. The maximum atomic E-state index is 5.31. The van der Waals surface area contributed by atoms with E-state index in [1.807, 2.05) is 24.3 Å². The summed E-state index contributed by atoms with van der Waals surface area (Å²) in [7, 11) is 1.64. The number of benzene rings is 2. The summed E-state index contributed by atoms with van der Waals surface area (Å²) in [6.45, 7) is 4.65. The lowest BCUT2D eigenvalue weighted by Gasteiger charge is -2.07. The Morgan fingerprint density at radius 3 is 2.57 bits per heavy atom. The van der Waals surface area contributed by atoms with E-state index in [9.17, 15) is 0 Å². The van der Waals surface area contributed by atoms with Crippen molar-refractivity contribution in [3.63, 3.8) is 0 Å². The topological polar surface area (TPSA) is 60.2 Å². The van der Waals surface area contributed by atoms with Gasteiger partial charge in [0.25, 0.3) is 0 Å². The van der Waals surface area contributed by atoms with Gasteiger partial charge < -0.3 is 14.6 Å². The van der Waals surface area contributed by atoms with Gasteiger partial charge in [-0.05, 0) is 49.7 Å². The zero-order valence-corrected chi connectivity index (χ0v) is 13.5. The zero-order chi connectivity index (χ0) is 16.2. The Morgan fingerprint density at radius 1 is 1.09 bits per heavy atom. The fourth-order valence-electron chi connectivity index (χ4n) is 2.37. The summed E-state index contributed by atoms with van der Waals surface area (Å²) >= 11 is 0. The largest absolute Gasteiger partial charge is 0.497 e. The normalized spacial score (nSPS) is 10.6. The van der Waals surface area contributed by atoms with Gasteiger partial charge in [-0.15, -0.1) is 0 Å². The third-order valence-corrected chi connectivity index (χ3v) is 3.63. The van der Waals surface area contributed by atoms with Gasteiger partial charge in [-0.2, -0.15) is 4.98 Å². The number of nitrogens with zero attached hydrogens (tertiary/aromatic N) is 2. The van der Waals surface area contributed by atoms with Crippen molar-refractivity contribution in [2.24, 2.45) is 0 Å². The Morgan fingerprint density at radius 2 is 1.87 bits per heavy atom. The number of hydrogen-bond acceptors (Lipinski definition) is 5. The molecule has 2 aromatic carbocycles. The minimum atomic E-state index is 0.493. The quantitative estimate of drug-likeness (QED) is 0.772. The van der Waals surface area contributed by atoms with Gasteiger partial charge in [-0.1, -0.05) is 22.9 Å². The van der Waals surface area contributed by atoms with E-state index in [0.717, 1.165) is 17.0 Å². The lowest BCUT2D eigenvalue weighted by molar-refractivity contribution is 0.384. The highest BCUT2D eigenvalue weighted by Gasteiger charge is 2.09. The highest BCUT2D eigenvalue weighted by atomic mass is 16.5. The first-order valence-electron chi connectivity index (χ1n) is 7.44. The Balaban J connectivity index is 1.69. The number of methoxy groups -OCH3 is 1. The summed E-state index contributed by atoms with van der Waals surface area (Å²) in [4.78, 5) is 4.42. The number of hydrogen-bond donors (Lipinski definition) is 1. The predicted molar refractivity (Wildman–Crippen MR) is 89.5 cm³/mol. The molecule has 0 aliphatic heterocycles. The summed E-state index contributed by atoms with van der Waals surface area (Å²) in [5.41, 5.74) is 4.40. The number of aromatic nitrogens is 2. The van der Waals surface area contributed by atoms with Gasteiger partial charge >= 0.3 is 0 Å². The zero-order valence-electron chi connectivity index (χ0n) is 13.5. The van der Waals surface area contributed by atoms with E-state index in [1.165, 1.54) is 11.1 Å². The monoisotopic (exact) mass is 309 g/mol. The predicted octanol–water partition coefficient (Wildman–Crippen LogP) is 3.97. The van der Waals surface area contributed by atoms with Crippen LogP contribution in [0, 0.1) is 13.8 Å². The SMILES string of the molecule is COc1ccc(-c2noc(CNc3ccc(C)cc3C)n2)cc1. The van der Waals surface area contributed by atoms with Crippen molar-refractivity contribution in [1.82, 2.24) is 10.1 Å². The Bertz CT molecular complexity index is 794. The molecule has 5 nitrogen and oxygen atoms in total. The van der Waals surface area contributed by atoms with Crippen LogP contribution in [0.4, 0.5) is 5.69 Å². The van der Waals surface area contributed by atoms with Gasteiger partial charge in [0.05, 0.1) is 13.7 Å². The van der Waals surface area contributed by atoms with Crippen LogP contribution in [-0.2, 0) is 6.54 Å². The average molecular weight is 309 g/mol. The van der Waals surface area contributed by atoms with Crippen molar-refractivity contribution in [1.29, 1.82) is 0 Å². The molecule has 118 valence electrons. The summed E-state index contributed by atoms with van der Waals surface area (Å²) in [6.07, 6.45) is 0. The molecule has 1 aromatic heterocycles. The summed E-state index contributed by atoms with van der Waals surface area (Å²) in [5.74, 6) is 1.93. The molecule has 1 N–H and O–H groups in total. The van der Waals surface area contributed by atoms with Gasteiger partial charge in [0.1, 0.15) is 5.75 Å². The fraction of sp³-hybridized carbons (Fsp3) is 0.222. The molecule has 3 aromatic rings. The van der Waals surface area contributed by atoms with E-state index in [4.69, 9.17) is 9.26 Å². The van der Waals surface area contributed by atoms with Crippen LogP contribution in [0.1, 0.15) is 17.0 Å². The molecule has 0 radical (unpaired) electrons. The minimum absolute atomic E-state index is 0.493. The van der Waals surface area contributed by atoms with Crippen LogP contribution < -0.4 is 10.1 Å². The molecule has 0 saturated carbocycles. The second-order valence-corrected chi connectivity index (χ2v) is 5.41. The first kappa shape index (κ1) is 15.1. The molecule has 5 heteroatoms. The standard InChI is InChI=1S/C18H19N3O2/c1-12-4-9-16(13(2)10-12)19-11-17-20-18(21-23-17)14-5-7-15(22-3)8-6-14/h4-10,19H,11H2,1-3H3. The first-order chi connectivity index (χ1) is 11.2. The van der Waals surface area contributed by atoms with Crippen molar-refractivity contribution in [3.05, 3.63) is 59.5 Å². The fourth-order valence-corrected chi connectivity index (χ4v) is 2.37. The molecule has 0 amide bonds. The third kappa shape index (κ3) is 3.51. The van der Waals surface area contributed by atoms with E-state index in [-0.39, 0.29) is 0 Å². The van der Waals surface area contributed by atoms with Crippen molar-refractivity contribution in [3.8, 4) is 17.1 Å². The molecule has 0 saturated heterocycles. The molecule has 0 unspecified atom stereocenters. The smallest absolute Gasteiger partial charge is 0.246 e. The van der Waals surface area contributed by atoms with Gasteiger partial charge in [-0.25, -0.2) is 0 Å². The molecule has 0 fully saturated rings. The van der Waals surface area contributed by atoms with Crippen LogP contribution in [-0.4, -0.2) is 17.3 Å². The Kier molecular flexibility index (Phi) is 4.28. The molecule has 0 aliphatic rings. The van der Waals surface area contributed by atoms with E-state index in [0.29, 0.717) is 18.3 Å². The van der Waals surface area contributed by atoms with Crippen molar-refractivity contribution in [2.45, 2.75) is 20.4 Å². The van der Waals surface area contributed by atoms with Crippen LogP contribution in [0.25, 0.3) is 11.4 Å².